The van der Waals surface area contributed by atoms with Gasteiger partial charge in [0.1, 0.15) is 11.5 Å². The van der Waals surface area contributed by atoms with Gasteiger partial charge < -0.3 is 9.73 Å². The van der Waals surface area contributed by atoms with Gasteiger partial charge in [0, 0.05) is 23.8 Å². The largest absolute Gasteiger partial charge is 0.457 e. The lowest BCUT2D eigenvalue weighted by molar-refractivity contribution is -0.384. The summed E-state index contributed by atoms with van der Waals surface area (Å²) in [7, 11) is 0. The molecule has 2 aromatic carbocycles. The van der Waals surface area contributed by atoms with Crippen LogP contribution < -0.4 is 5.32 Å². The number of carbonyl (C=O) groups is 1. The number of nitro groups is 1. The first-order valence-electron chi connectivity index (χ1n) is 8.69. The predicted molar refractivity (Wildman–Crippen MR) is 113 cm³/mol. The summed E-state index contributed by atoms with van der Waals surface area (Å²) >= 11 is 1.23. The summed E-state index contributed by atoms with van der Waals surface area (Å²) in [6.45, 7) is 1.95. The van der Waals surface area contributed by atoms with Crippen molar-refractivity contribution in [2.24, 2.45) is 4.99 Å². The van der Waals surface area contributed by atoms with Crippen LogP contribution in [0.5, 0.6) is 0 Å². The summed E-state index contributed by atoms with van der Waals surface area (Å²) in [5.41, 5.74) is 2.39. The Balaban J connectivity index is 1.56. The Bertz CT molecular complexity index is 1180. The fraction of sp³-hybridized carbons (Fsp3) is 0.0476. The number of aliphatic imine (C=N–C) groups is 1. The number of nitrogens with zero attached hydrogens (tertiary/aromatic N) is 2. The predicted octanol–water partition coefficient (Wildman–Crippen LogP) is 5.05. The molecule has 4 rings (SSSR count). The molecule has 7 nitrogen and oxygen atoms in total. The second kappa shape index (κ2) is 7.76. The number of amides is 1. The molecular weight excluding hydrogens is 390 g/mol. The van der Waals surface area contributed by atoms with E-state index in [-0.39, 0.29) is 11.6 Å². The molecule has 0 atom stereocenters. The summed E-state index contributed by atoms with van der Waals surface area (Å²) in [6.07, 6.45) is 1.63. The molecule has 1 N–H and O–H groups in total. The van der Waals surface area contributed by atoms with Crippen LogP contribution in [0.4, 0.5) is 11.4 Å². The van der Waals surface area contributed by atoms with Gasteiger partial charge in [-0.3, -0.25) is 14.9 Å². The number of hydrogen-bond acceptors (Lipinski definition) is 6. The first-order chi connectivity index (χ1) is 14.0. The number of nitro benzene ring substituents is 1. The van der Waals surface area contributed by atoms with E-state index in [9.17, 15) is 14.9 Å². The minimum Gasteiger partial charge on any atom is -0.457 e. The second-order valence-corrected chi connectivity index (χ2v) is 7.31. The lowest BCUT2D eigenvalue weighted by atomic mass is 10.1. The van der Waals surface area contributed by atoms with Gasteiger partial charge >= 0.3 is 0 Å². The minimum atomic E-state index is -0.454. The molecule has 1 aromatic heterocycles. The van der Waals surface area contributed by atoms with Gasteiger partial charge in [-0.1, -0.05) is 30.3 Å². The molecule has 1 aliphatic rings. The summed E-state index contributed by atoms with van der Waals surface area (Å²) in [5.74, 6) is 0.703. The molecule has 144 valence electrons. The van der Waals surface area contributed by atoms with Gasteiger partial charge in [-0.05, 0) is 42.4 Å². The summed E-state index contributed by atoms with van der Waals surface area (Å²) in [6, 6.07) is 17.3. The van der Waals surface area contributed by atoms with Crippen molar-refractivity contribution >= 4 is 40.3 Å². The molecular formula is C21H15N3O4S. The molecule has 0 unspecified atom stereocenters. The zero-order chi connectivity index (χ0) is 20.4. The lowest BCUT2D eigenvalue weighted by Gasteiger charge is -1.99. The standard InChI is InChI=1S/C21H15N3O4S/c1-13-5-2-3-8-17(13)22-21-23-20(25)19(29-21)12-16-9-10-18(28-16)14-6-4-7-15(11-14)24(26)27/h2-12H,1H3,(H,22,23,25)/b19-12+. The van der Waals surface area contributed by atoms with Crippen molar-refractivity contribution < 1.29 is 14.1 Å². The number of thioether (sulfide) groups is 1. The van der Waals surface area contributed by atoms with E-state index in [0.29, 0.717) is 27.2 Å². The maximum Gasteiger partial charge on any atom is 0.270 e. The van der Waals surface area contributed by atoms with Crippen molar-refractivity contribution in [3.63, 3.8) is 0 Å². The lowest BCUT2D eigenvalue weighted by Crippen LogP contribution is -2.19. The van der Waals surface area contributed by atoms with Gasteiger partial charge in [0.2, 0.25) is 0 Å². The Morgan fingerprint density at radius 3 is 2.76 bits per heavy atom. The average molecular weight is 405 g/mol. The smallest absolute Gasteiger partial charge is 0.270 e. The second-order valence-electron chi connectivity index (χ2n) is 6.28. The monoisotopic (exact) mass is 405 g/mol. The Morgan fingerprint density at radius 1 is 1.14 bits per heavy atom. The normalized spacial score (nSPS) is 16.4. The number of rotatable bonds is 4. The van der Waals surface area contributed by atoms with Crippen molar-refractivity contribution in [1.82, 2.24) is 5.32 Å². The van der Waals surface area contributed by atoms with Gasteiger partial charge in [0.25, 0.3) is 11.6 Å². The number of benzene rings is 2. The molecule has 0 bridgehead atoms. The third-order valence-corrected chi connectivity index (χ3v) is 5.14. The minimum absolute atomic E-state index is 0.0124. The molecule has 3 aromatic rings. The van der Waals surface area contributed by atoms with E-state index in [0.717, 1.165) is 11.3 Å². The quantitative estimate of drug-likeness (QED) is 0.372. The molecule has 8 heteroatoms. The topological polar surface area (TPSA) is 97.7 Å². The SMILES string of the molecule is Cc1ccccc1N=C1NC(=O)/C(=C\c2ccc(-c3cccc([N+](=O)[O-])c3)o2)S1. The number of nitrogens with one attached hydrogen (secondary N) is 1. The molecule has 0 radical (unpaired) electrons. The molecule has 29 heavy (non-hydrogen) atoms. The first kappa shape index (κ1) is 18.7. The van der Waals surface area contributed by atoms with Crippen LogP contribution in [-0.4, -0.2) is 16.0 Å². The highest BCUT2D eigenvalue weighted by Gasteiger charge is 2.24. The van der Waals surface area contributed by atoms with Crippen molar-refractivity contribution in [3.8, 4) is 11.3 Å². The Kier molecular flexibility index (Phi) is 5.01. The van der Waals surface area contributed by atoms with Crippen LogP contribution >= 0.6 is 11.8 Å². The van der Waals surface area contributed by atoms with Crippen LogP contribution in [0, 0.1) is 17.0 Å². The number of amidine groups is 1. The molecule has 0 aliphatic carbocycles. The third-order valence-electron chi connectivity index (χ3n) is 4.23. The Morgan fingerprint density at radius 2 is 1.97 bits per heavy atom. The van der Waals surface area contributed by atoms with E-state index < -0.39 is 4.92 Å². The maximum absolute atomic E-state index is 12.3. The summed E-state index contributed by atoms with van der Waals surface area (Å²) in [5, 5.41) is 14.2. The molecule has 1 amide bonds. The van der Waals surface area contributed by atoms with Crippen LogP contribution in [0.1, 0.15) is 11.3 Å². The van der Waals surface area contributed by atoms with Gasteiger partial charge in [-0.2, -0.15) is 0 Å². The van der Waals surface area contributed by atoms with Crippen molar-refractivity contribution in [3.05, 3.63) is 87.0 Å². The van der Waals surface area contributed by atoms with E-state index in [1.807, 2.05) is 31.2 Å². The van der Waals surface area contributed by atoms with Gasteiger partial charge in [-0.25, -0.2) is 4.99 Å². The van der Waals surface area contributed by atoms with E-state index in [1.165, 1.54) is 23.9 Å². The zero-order valence-electron chi connectivity index (χ0n) is 15.3. The fourth-order valence-corrected chi connectivity index (χ4v) is 3.58. The number of carbonyl (C=O) groups excluding carboxylic acids is 1. The summed E-state index contributed by atoms with van der Waals surface area (Å²) in [4.78, 5) is 27.7. The molecule has 1 saturated heterocycles. The van der Waals surface area contributed by atoms with E-state index >= 15 is 0 Å². The van der Waals surface area contributed by atoms with E-state index in [4.69, 9.17) is 4.42 Å². The van der Waals surface area contributed by atoms with Crippen molar-refractivity contribution in [2.75, 3.05) is 0 Å². The van der Waals surface area contributed by atoms with Crippen molar-refractivity contribution in [2.45, 2.75) is 6.92 Å². The number of furan rings is 1. The van der Waals surface area contributed by atoms with Gasteiger partial charge in [-0.15, -0.1) is 0 Å². The van der Waals surface area contributed by atoms with Crippen LogP contribution in [0.2, 0.25) is 0 Å². The van der Waals surface area contributed by atoms with E-state index in [2.05, 4.69) is 10.3 Å². The average Bonchev–Trinajstić information content (AvgIpc) is 3.31. The molecule has 0 spiro atoms. The summed E-state index contributed by atoms with van der Waals surface area (Å²) < 4.78 is 5.76. The third kappa shape index (κ3) is 4.12. The zero-order valence-corrected chi connectivity index (χ0v) is 16.1. The van der Waals surface area contributed by atoms with Crippen LogP contribution in [0.15, 0.2) is 75.0 Å². The fourth-order valence-electron chi connectivity index (χ4n) is 2.77. The molecule has 1 fully saturated rings. The van der Waals surface area contributed by atoms with Gasteiger partial charge in [0.05, 0.1) is 15.5 Å². The van der Waals surface area contributed by atoms with Crippen molar-refractivity contribution in [1.29, 1.82) is 0 Å². The molecule has 0 saturated carbocycles. The number of non-ortho nitro benzene ring substituents is 1. The van der Waals surface area contributed by atoms with Crippen LogP contribution in [0.3, 0.4) is 0 Å². The molecule has 2 heterocycles. The highest BCUT2D eigenvalue weighted by atomic mass is 32.2. The van der Waals surface area contributed by atoms with Crippen LogP contribution in [0.25, 0.3) is 17.4 Å². The van der Waals surface area contributed by atoms with Gasteiger partial charge in [0.15, 0.2) is 5.17 Å². The number of aryl methyl sites for hydroxylation is 1. The highest BCUT2D eigenvalue weighted by Crippen LogP contribution is 2.31. The number of para-hydroxylation sites is 1. The maximum atomic E-state index is 12.3. The van der Waals surface area contributed by atoms with E-state index in [1.54, 1.807) is 30.3 Å². The highest BCUT2D eigenvalue weighted by molar-refractivity contribution is 8.18. The Hall–Kier alpha value is -3.65. The molecule has 1 aliphatic heterocycles. The number of hydrogen-bond donors (Lipinski definition) is 1. The first-order valence-corrected chi connectivity index (χ1v) is 9.51. The van der Waals surface area contributed by atoms with Crippen LogP contribution in [-0.2, 0) is 4.79 Å². The Labute approximate surface area is 170 Å².